The van der Waals surface area contributed by atoms with Crippen molar-refractivity contribution < 1.29 is 4.79 Å². The predicted molar refractivity (Wildman–Crippen MR) is 86.8 cm³/mol. The molecule has 0 unspecified atom stereocenters. The predicted octanol–water partition coefficient (Wildman–Crippen LogP) is 2.45. The van der Waals surface area contributed by atoms with Gasteiger partial charge in [-0.1, -0.05) is 6.07 Å². The number of amides is 1. The van der Waals surface area contributed by atoms with Gasteiger partial charge in [0.15, 0.2) is 0 Å². The molecule has 1 N–H and O–H groups in total. The van der Waals surface area contributed by atoms with Crippen molar-refractivity contribution in [2.45, 2.75) is 19.3 Å². The van der Waals surface area contributed by atoms with Crippen molar-refractivity contribution in [3.63, 3.8) is 0 Å². The molecule has 1 spiro atoms. The summed E-state index contributed by atoms with van der Waals surface area (Å²) in [6.45, 7) is 4.01. The van der Waals surface area contributed by atoms with Crippen LogP contribution < -0.4 is 5.32 Å². The first-order valence-electron chi connectivity index (χ1n) is 8.11. The van der Waals surface area contributed by atoms with Crippen LogP contribution >= 0.6 is 0 Å². The van der Waals surface area contributed by atoms with E-state index in [4.69, 9.17) is 0 Å². The molecule has 1 aromatic heterocycles. The summed E-state index contributed by atoms with van der Waals surface area (Å²) in [5, 5.41) is 4.50. The number of hydrogen-bond donors (Lipinski definition) is 1. The van der Waals surface area contributed by atoms with Crippen molar-refractivity contribution in [2.24, 2.45) is 5.41 Å². The van der Waals surface area contributed by atoms with Gasteiger partial charge in [-0.25, -0.2) is 0 Å². The Labute approximate surface area is 130 Å². The van der Waals surface area contributed by atoms with Crippen molar-refractivity contribution >= 4 is 16.8 Å². The van der Waals surface area contributed by atoms with Gasteiger partial charge in [0.05, 0.1) is 5.52 Å². The monoisotopic (exact) mass is 295 g/mol. The lowest BCUT2D eigenvalue weighted by Gasteiger charge is -2.38. The molecular formula is C18H21N3O. The fourth-order valence-corrected chi connectivity index (χ4v) is 3.80. The molecular weight excluding hydrogens is 274 g/mol. The first-order chi connectivity index (χ1) is 10.8. The summed E-state index contributed by atoms with van der Waals surface area (Å²) in [7, 11) is 0. The molecule has 4 rings (SSSR count). The molecule has 2 aliphatic rings. The van der Waals surface area contributed by atoms with E-state index in [0.717, 1.165) is 55.5 Å². The maximum absolute atomic E-state index is 12.7. The molecule has 22 heavy (non-hydrogen) atoms. The molecule has 1 amide bonds. The van der Waals surface area contributed by atoms with Gasteiger partial charge in [0.25, 0.3) is 5.91 Å². The van der Waals surface area contributed by atoms with Crippen LogP contribution in [0.25, 0.3) is 10.9 Å². The van der Waals surface area contributed by atoms with Crippen molar-refractivity contribution in [1.29, 1.82) is 0 Å². The average molecular weight is 295 g/mol. The second-order valence-electron chi connectivity index (χ2n) is 6.63. The fourth-order valence-electron chi connectivity index (χ4n) is 3.80. The van der Waals surface area contributed by atoms with E-state index >= 15 is 0 Å². The lowest BCUT2D eigenvalue weighted by Crippen LogP contribution is -2.44. The van der Waals surface area contributed by atoms with Gasteiger partial charge < -0.3 is 10.2 Å². The van der Waals surface area contributed by atoms with Crippen LogP contribution in [0.1, 0.15) is 29.6 Å². The van der Waals surface area contributed by atoms with E-state index in [-0.39, 0.29) is 5.91 Å². The number of nitrogens with zero attached hydrogens (tertiary/aromatic N) is 2. The Morgan fingerprint density at radius 2 is 2.05 bits per heavy atom. The van der Waals surface area contributed by atoms with E-state index in [2.05, 4.69) is 10.3 Å². The third-order valence-electron chi connectivity index (χ3n) is 5.29. The van der Waals surface area contributed by atoms with Gasteiger partial charge in [0.2, 0.25) is 0 Å². The van der Waals surface area contributed by atoms with Crippen LogP contribution in [0.2, 0.25) is 0 Å². The zero-order valence-electron chi connectivity index (χ0n) is 12.7. The van der Waals surface area contributed by atoms with Crippen LogP contribution in [0.5, 0.6) is 0 Å². The smallest absolute Gasteiger partial charge is 0.253 e. The number of piperidine rings is 1. The van der Waals surface area contributed by atoms with Crippen LogP contribution in [-0.2, 0) is 0 Å². The number of carbonyl (C=O) groups excluding carboxylic acids is 1. The highest BCUT2D eigenvalue weighted by Crippen LogP contribution is 2.37. The molecule has 0 radical (unpaired) electrons. The van der Waals surface area contributed by atoms with Crippen molar-refractivity contribution in [2.75, 3.05) is 26.2 Å². The van der Waals surface area contributed by atoms with Crippen LogP contribution in [0.15, 0.2) is 36.5 Å². The van der Waals surface area contributed by atoms with Gasteiger partial charge in [-0.15, -0.1) is 0 Å². The van der Waals surface area contributed by atoms with E-state index in [1.54, 1.807) is 6.20 Å². The average Bonchev–Trinajstić information content (AvgIpc) is 3.02. The van der Waals surface area contributed by atoms with Crippen LogP contribution in [0.3, 0.4) is 0 Å². The molecule has 0 atom stereocenters. The summed E-state index contributed by atoms with van der Waals surface area (Å²) >= 11 is 0. The number of benzene rings is 1. The molecule has 2 fully saturated rings. The highest BCUT2D eigenvalue weighted by atomic mass is 16.2. The van der Waals surface area contributed by atoms with Crippen LogP contribution in [0.4, 0.5) is 0 Å². The number of hydrogen-bond acceptors (Lipinski definition) is 3. The topological polar surface area (TPSA) is 45.2 Å². The zero-order valence-corrected chi connectivity index (χ0v) is 12.7. The summed E-state index contributed by atoms with van der Waals surface area (Å²) in [6, 6.07) is 9.73. The second-order valence-corrected chi connectivity index (χ2v) is 6.63. The van der Waals surface area contributed by atoms with Gasteiger partial charge in [-0.2, -0.15) is 0 Å². The molecule has 2 aliphatic heterocycles. The fraction of sp³-hybridized carbons (Fsp3) is 0.444. The number of nitrogens with one attached hydrogen (secondary N) is 1. The maximum Gasteiger partial charge on any atom is 0.253 e. The normalized spacial score (nSPS) is 20.6. The van der Waals surface area contributed by atoms with E-state index in [1.807, 2.05) is 35.2 Å². The molecule has 2 saturated heterocycles. The summed E-state index contributed by atoms with van der Waals surface area (Å²) in [6.07, 6.45) is 5.29. The molecule has 1 aromatic carbocycles. The lowest BCUT2D eigenvalue weighted by atomic mass is 9.78. The Hall–Kier alpha value is -1.94. The van der Waals surface area contributed by atoms with Gasteiger partial charge >= 0.3 is 0 Å². The number of rotatable bonds is 1. The minimum atomic E-state index is 0.159. The van der Waals surface area contributed by atoms with E-state index in [1.165, 1.54) is 6.42 Å². The van der Waals surface area contributed by atoms with Crippen LogP contribution in [0, 0.1) is 5.41 Å². The summed E-state index contributed by atoms with van der Waals surface area (Å²) in [5.41, 5.74) is 2.17. The van der Waals surface area contributed by atoms with Crippen molar-refractivity contribution in [1.82, 2.24) is 15.2 Å². The Bertz CT molecular complexity index is 696. The number of fused-ring (bicyclic) bond motifs is 1. The molecule has 3 heterocycles. The number of pyridine rings is 1. The Kier molecular flexibility index (Phi) is 3.34. The third kappa shape index (κ3) is 2.37. The standard InChI is InChI=1S/C18H21N3O/c22-17(15-3-4-16-14(12-15)2-1-8-20-16)21-10-6-18(7-11-21)5-9-19-13-18/h1-4,8,12,19H,5-7,9-11,13H2. The molecule has 0 aliphatic carbocycles. The Balaban J connectivity index is 1.51. The van der Waals surface area contributed by atoms with E-state index in [0.29, 0.717) is 5.41 Å². The SMILES string of the molecule is O=C(c1ccc2ncccc2c1)N1CCC2(CCNC2)CC1. The van der Waals surface area contributed by atoms with Gasteiger partial charge in [-0.05, 0) is 55.5 Å². The molecule has 0 bridgehead atoms. The quantitative estimate of drug-likeness (QED) is 0.879. The highest BCUT2D eigenvalue weighted by molar-refractivity contribution is 5.98. The molecule has 114 valence electrons. The number of carbonyl (C=O) groups is 1. The Morgan fingerprint density at radius 3 is 2.82 bits per heavy atom. The minimum Gasteiger partial charge on any atom is -0.339 e. The highest BCUT2D eigenvalue weighted by Gasteiger charge is 2.38. The largest absolute Gasteiger partial charge is 0.339 e. The van der Waals surface area contributed by atoms with Gasteiger partial charge in [0, 0.05) is 36.8 Å². The van der Waals surface area contributed by atoms with Gasteiger partial charge in [0.1, 0.15) is 0 Å². The van der Waals surface area contributed by atoms with Gasteiger partial charge in [-0.3, -0.25) is 9.78 Å². The second kappa shape index (κ2) is 5.36. The van der Waals surface area contributed by atoms with E-state index < -0.39 is 0 Å². The number of aromatic nitrogens is 1. The molecule has 4 heteroatoms. The summed E-state index contributed by atoms with van der Waals surface area (Å²) in [4.78, 5) is 19.1. The summed E-state index contributed by atoms with van der Waals surface area (Å²) in [5.74, 6) is 0.159. The van der Waals surface area contributed by atoms with Crippen molar-refractivity contribution in [3.05, 3.63) is 42.1 Å². The zero-order chi connectivity index (χ0) is 15.0. The maximum atomic E-state index is 12.7. The molecule has 4 nitrogen and oxygen atoms in total. The molecule has 0 saturated carbocycles. The van der Waals surface area contributed by atoms with E-state index in [9.17, 15) is 4.79 Å². The minimum absolute atomic E-state index is 0.159. The first-order valence-corrected chi connectivity index (χ1v) is 8.11. The third-order valence-corrected chi connectivity index (χ3v) is 5.29. The summed E-state index contributed by atoms with van der Waals surface area (Å²) < 4.78 is 0. The first kappa shape index (κ1) is 13.7. The number of likely N-dealkylation sites (tertiary alicyclic amines) is 1. The lowest BCUT2D eigenvalue weighted by molar-refractivity contribution is 0.0608. The van der Waals surface area contributed by atoms with Crippen LogP contribution in [-0.4, -0.2) is 42.0 Å². The molecule has 2 aromatic rings. The van der Waals surface area contributed by atoms with Crippen molar-refractivity contribution in [3.8, 4) is 0 Å². The Morgan fingerprint density at radius 1 is 1.18 bits per heavy atom.